The summed E-state index contributed by atoms with van der Waals surface area (Å²) >= 11 is 0. The largest absolute Gasteiger partial charge is 0.364 e. The Labute approximate surface area is 99.6 Å². The summed E-state index contributed by atoms with van der Waals surface area (Å²) in [5, 5.41) is 4.20. The maximum absolute atomic E-state index is 11.9. The molecule has 1 aromatic rings. The quantitative estimate of drug-likeness (QED) is 0.729. The summed E-state index contributed by atoms with van der Waals surface area (Å²) in [5.41, 5.74) is -0.150. The van der Waals surface area contributed by atoms with Crippen LogP contribution in [0.4, 0.5) is 0 Å². The molecular formula is C12H18N4O. The van der Waals surface area contributed by atoms with E-state index >= 15 is 0 Å². The number of nitrogen functional groups attached to an aromatic ring is 1. The molecule has 4 fully saturated rings. The molecule has 0 atom stereocenters. The van der Waals surface area contributed by atoms with Crippen LogP contribution in [0.15, 0.2) is 11.1 Å². The standard InChI is InChI=1S/C12H18N4O/c13-15-6-14-16(12(15)17)11-9-2-7-1-8(4-9)5-10(11)3-7/h6-11H,1-5,13H2. The Morgan fingerprint density at radius 3 is 2.18 bits per heavy atom. The lowest BCUT2D eigenvalue weighted by Crippen LogP contribution is -2.48. The van der Waals surface area contributed by atoms with E-state index < -0.39 is 0 Å². The smallest absolute Gasteiger partial charge is 0.334 e. The van der Waals surface area contributed by atoms with Crippen molar-refractivity contribution in [2.75, 3.05) is 5.84 Å². The van der Waals surface area contributed by atoms with Crippen LogP contribution in [-0.4, -0.2) is 14.5 Å². The number of aromatic nitrogens is 3. The van der Waals surface area contributed by atoms with Crippen molar-refractivity contribution in [1.82, 2.24) is 14.5 Å². The molecule has 0 spiro atoms. The average molecular weight is 234 g/mol. The molecule has 0 aromatic carbocycles. The van der Waals surface area contributed by atoms with Gasteiger partial charge >= 0.3 is 5.69 Å². The first-order valence-corrected chi connectivity index (χ1v) is 6.63. The van der Waals surface area contributed by atoms with Gasteiger partial charge in [0.05, 0.1) is 6.04 Å². The SMILES string of the molecule is Nn1cnn(C2C3CC4CC(C3)CC2C4)c1=O. The fourth-order valence-electron chi connectivity index (χ4n) is 4.83. The third kappa shape index (κ3) is 1.25. The van der Waals surface area contributed by atoms with E-state index in [0.717, 1.165) is 16.5 Å². The lowest BCUT2D eigenvalue weighted by molar-refractivity contribution is -0.0351. The molecule has 0 amide bonds. The first kappa shape index (κ1) is 9.74. The molecule has 0 aliphatic heterocycles. The molecule has 0 saturated heterocycles. The predicted molar refractivity (Wildman–Crippen MR) is 62.7 cm³/mol. The van der Waals surface area contributed by atoms with E-state index in [1.165, 1.54) is 38.4 Å². The summed E-state index contributed by atoms with van der Waals surface area (Å²) in [6.07, 6.45) is 8.04. The van der Waals surface area contributed by atoms with E-state index in [-0.39, 0.29) is 5.69 Å². The van der Waals surface area contributed by atoms with Crippen LogP contribution < -0.4 is 11.5 Å². The first-order chi connectivity index (χ1) is 8.22. The van der Waals surface area contributed by atoms with Crippen LogP contribution >= 0.6 is 0 Å². The number of nitrogens with two attached hydrogens (primary N) is 1. The molecule has 5 nitrogen and oxygen atoms in total. The Morgan fingerprint density at radius 2 is 1.71 bits per heavy atom. The van der Waals surface area contributed by atoms with Gasteiger partial charge in [-0.25, -0.2) is 9.48 Å². The van der Waals surface area contributed by atoms with Crippen LogP contribution in [0.3, 0.4) is 0 Å². The molecule has 5 rings (SSSR count). The van der Waals surface area contributed by atoms with Gasteiger partial charge in [-0.1, -0.05) is 0 Å². The Balaban J connectivity index is 1.75. The Hall–Kier alpha value is -1.26. The van der Waals surface area contributed by atoms with Gasteiger partial charge in [0.15, 0.2) is 0 Å². The van der Waals surface area contributed by atoms with Gasteiger partial charge in [0.1, 0.15) is 6.33 Å². The van der Waals surface area contributed by atoms with Gasteiger partial charge in [0.2, 0.25) is 0 Å². The predicted octanol–water partition coefficient (Wildman–Crippen LogP) is 0.756. The van der Waals surface area contributed by atoms with Crippen molar-refractivity contribution in [2.24, 2.45) is 23.7 Å². The highest BCUT2D eigenvalue weighted by molar-refractivity contribution is 5.00. The zero-order valence-electron chi connectivity index (χ0n) is 9.83. The zero-order valence-corrected chi connectivity index (χ0v) is 9.83. The van der Waals surface area contributed by atoms with Crippen molar-refractivity contribution < 1.29 is 0 Å². The van der Waals surface area contributed by atoms with Gasteiger partial charge in [-0.3, -0.25) is 0 Å². The molecule has 4 bridgehead atoms. The second-order valence-electron chi connectivity index (χ2n) is 6.19. The van der Waals surface area contributed by atoms with Crippen LogP contribution in [0, 0.1) is 23.7 Å². The highest BCUT2D eigenvalue weighted by Gasteiger charge is 2.49. The first-order valence-electron chi connectivity index (χ1n) is 6.63. The molecule has 0 unspecified atom stereocenters. The lowest BCUT2D eigenvalue weighted by Gasteiger charge is -2.53. The van der Waals surface area contributed by atoms with Crippen LogP contribution in [0.2, 0.25) is 0 Å². The summed E-state index contributed by atoms with van der Waals surface area (Å²) < 4.78 is 2.76. The van der Waals surface area contributed by atoms with Gasteiger partial charge in [-0.2, -0.15) is 9.77 Å². The second-order valence-corrected chi connectivity index (χ2v) is 6.19. The van der Waals surface area contributed by atoms with E-state index in [2.05, 4.69) is 5.10 Å². The molecule has 17 heavy (non-hydrogen) atoms. The molecule has 5 heteroatoms. The van der Waals surface area contributed by atoms with Gasteiger partial charge < -0.3 is 5.84 Å². The highest BCUT2D eigenvalue weighted by atomic mass is 16.2. The van der Waals surface area contributed by atoms with Crippen molar-refractivity contribution in [3.05, 3.63) is 16.8 Å². The van der Waals surface area contributed by atoms with Crippen molar-refractivity contribution in [1.29, 1.82) is 0 Å². The zero-order chi connectivity index (χ0) is 11.6. The Morgan fingerprint density at radius 1 is 1.12 bits per heavy atom. The monoisotopic (exact) mass is 234 g/mol. The third-order valence-electron chi connectivity index (χ3n) is 5.18. The molecule has 4 aliphatic rings. The van der Waals surface area contributed by atoms with E-state index in [9.17, 15) is 4.79 Å². The topological polar surface area (TPSA) is 65.8 Å². The molecule has 1 aromatic heterocycles. The average Bonchev–Trinajstić information content (AvgIpc) is 2.60. The maximum atomic E-state index is 11.9. The molecular weight excluding hydrogens is 216 g/mol. The van der Waals surface area contributed by atoms with Gasteiger partial charge in [0.25, 0.3) is 0 Å². The fourth-order valence-corrected chi connectivity index (χ4v) is 4.83. The summed E-state index contributed by atoms with van der Waals surface area (Å²) in [5.74, 6) is 8.73. The maximum Gasteiger partial charge on any atom is 0.364 e. The minimum atomic E-state index is -0.150. The van der Waals surface area contributed by atoms with Gasteiger partial charge in [-0.15, -0.1) is 0 Å². The van der Waals surface area contributed by atoms with Crippen LogP contribution in [0.5, 0.6) is 0 Å². The van der Waals surface area contributed by atoms with E-state index in [4.69, 9.17) is 5.84 Å². The van der Waals surface area contributed by atoms with Crippen LogP contribution in [-0.2, 0) is 0 Å². The minimum absolute atomic E-state index is 0.150. The normalized spacial score (nSPS) is 43.2. The number of hydrogen-bond acceptors (Lipinski definition) is 3. The number of nitrogens with zero attached hydrogens (tertiary/aromatic N) is 3. The van der Waals surface area contributed by atoms with Gasteiger partial charge in [0, 0.05) is 0 Å². The summed E-state index contributed by atoms with van der Waals surface area (Å²) in [6.45, 7) is 0. The number of rotatable bonds is 1. The minimum Gasteiger partial charge on any atom is -0.334 e. The van der Waals surface area contributed by atoms with E-state index in [1.54, 1.807) is 4.68 Å². The summed E-state index contributed by atoms with van der Waals surface area (Å²) in [6, 6.07) is 0.320. The highest BCUT2D eigenvalue weighted by Crippen LogP contribution is 2.57. The van der Waals surface area contributed by atoms with Gasteiger partial charge in [-0.05, 0) is 55.8 Å². The van der Waals surface area contributed by atoms with Crippen molar-refractivity contribution in [3.63, 3.8) is 0 Å². The summed E-state index contributed by atoms with van der Waals surface area (Å²) in [4.78, 5) is 11.9. The third-order valence-corrected chi connectivity index (χ3v) is 5.18. The van der Waals surface area contributed by atoms with Crippen LogP contribution in [0.25, 0.3) is 0 Å². The van der Waals surface area contributed by atoms with Crippen LogP contribution in [0.1, 0.15) is 38.1 Å². The molecule has 92 valence electrons. The van der Waals surface area contributed by atoms with Crippen molar-refractivity contribution in [3.8, 4) is 0 Å². The Kier molecular flexibility index (Phi) is 1.80. The number of hydrogen-bond donors (Lipinski definition) is 1. The summed E-state index contributed by atoms with van der Waals surface area (Å²) in [7, 11) is 0. The molecule has 2 N–H and O–H groups in total. The fraction of sp³-hybridized carbons (Fsp3) is 0.833. The van der Waals surface area contributed by atoms with Crippen molar-refractivity contribution >= 4 is 0 Å². The van der Waals surface area contributed by atoms with E-state index in [1.807, 2.05) is 0 Å². The second kappa shape index (κ2) is 3.15. The van der Waals surface area contributed by atoms with E-state index in [0.29, 0.717) is 17.9 Å². The molecule has 4 aliphatic carbocycles. The Bertz CT molecular complexity index is 475. The van der Waals surface area contributed by atoms with Crippen molar-refractivity contribution in [2.45, 2.75) is 38.1 Å². The molecule has 0 radical (unpaired) electrons. The molecule has 1 heterocycles. The lowest BCUT2D eigenvalue weighted by atomic mass is 9.54. The molecule has 4 saturated carbocycles.